The Morgan fingerprint density at radius 1 is 1.05 bits per heavy atom. The van der Waals surface area contributed by atoms with Gasteiger partial charge >= 0.3 is 0 Å². The fourth-order valence-electron chi connectivity index (χ4n) is 3.30. The molecule has 1 rings (SSSR count). The van der Waals surface area contributed by atoms with Gasteiger partial charge in [-0.25, -0.2) is 0 Å². The monoisotopic (exact) mass is 296 g/mol. The van der Waals surface area contributed by atoms with Crippen molar-refractivity contribution in [2.45, 2.75) is 78.1 Å². The highest BCUT2D eigenvalue weighted by Crippen LogP contribution is 2.27. The minimum Gasteiger partial charge on any atom is -0.356 e. The molecule has 1 N–H and O–H groups in total. The van der Waals surface area contributed by atoms with Crippen LogP contribution in [0.1, 0.15) is 78.1 Å². The van der Waals surface area contributed by atoms with E-state index in [9.17, 15) is 4.79 Å². The van der Waals surface area contributed by atoms with Gasteiger partial charge in [0, 0.05) is 13.0 Å². The van der Waals surface area contributed by atoms with Gasteiger partial charge in [-0.3, -0.25) is 4.79 Å². The number of amides is 1. The molecular weight excluding hydrogens is 260 g/mol. The fourth-order valence-corrected chi connectivity index (χ4v) is 3.30. The zero-order valence-corrected chi connectivity index (χ0v) is 14.3. The Balaban J connectivity index is 1.91. The first-order chi connectivity index (χ1) is 10.3. The summed E-state index contributed by atoms with van der Waals surface area (Å²) in [5.74, 6) is 1.09. The van der Waals surface area contributed by atoms with Crippen LogP contribution in [0, 0.1) is 5.92 Å². The Hall–Kier alpha value is -0.570. The van der Waals surface area contributed by atoms with E-state index in [0.717, 1.165) is 44.8 Å². The quantitative estimate of drug-likeness (QED) is 0.585. The van der Waals surface area contributed by atoms with Gasteiger partial charge in [0.05, 0.1) is 0 Å². The first-order valence-electron chi connectivity index (χ1n) is 9.25. The Morgan fingerprint density at radius 2 is 1.76 bits per heavy atom. The lowest BCUT2D eigenvalue weighted by atomic mass is 9.86. The van der Waals surface area contributed by atoms with Crippen molar-refractivity contribution in [1.82, 2.24) is 10.2 Å². The molecule has 21 heavy (non-hydrogen) atoms. The van der Waals surface area contributed by atoms with Gasteiger partial charge in [-0.05, 0) is 44.8 Å². The molecule has 1 fully saturated rings. The average Bonchev–Trinajstić information content (AvgIpc) is 2.53. The van der Waals surface area contributed by atoms with Gasteiger partial charge in [-0.15, -0.1) is 0 Å². The number of unbranched alkanes of at least 4 members (excludes halogenated alkanes) is 2. The zero-order valence-electron chi connectivity index (χ0n) is 14.3. The van der Waals surface area contributed by atoms with Crippen LogP contribution in [0.5, 0.6) is 0 Å². The Bertz CT molecular complexity index is 258. The van der Waals surface area contributed by atoms with E-state index in [1.807, 2.05) is 0 Å². The van der Waals surface area contributed by atoms with Crippen molar-refractivity contribution in [3.8, 4) is 0 Å². The van der Waals surface area contributed by atoms with Crippen molar-refractivity contribution in [1.29, 1.82) is 0 Å². The fraction of sp³-hybridized carbons (Fsp3) is 0.944. The summed E-state index contributed by atoms with van der Waals surface area (Å²) >= 11 is 0. The van der Waals surface area contributed by atoms with Crippen molar-refractivity contribution in [2.75, 3.05) is 26.2 Å². The van der Waals surface area contributed by atoms with Gasteiger partial charge in [0.2, 0.25) is 5.91 Å². The second kappa shape index (κ2) is 12.0. The van der Waals surface area contributed by atoms with E-state index in [0.29, 0.717) is 0 Å². The van der Waals surface area contributed by atoms with Crippen molar-refractivity contribution in [3.63, 3.8) is 0 Å². The molecule has 0 aromatic carbocycles. The summed E-state index contributed by atoms with van der Waals surface area (Å²) in [4.78, 5) is 14.3. The van der Waals surface area contributed by atoms with Crippen LogP contribution >= 0.6 is 0 Å². The van der Waals surface area contributed by atoms with E-state index < -0.39 is 0 Å². The SMILES string of the molecule is CCN(CC)CCCCCNC(=O)CCC1CCCCC1. The first-order valence-corrected chi connectivity index (χ1v) is 9.25. The maximum atomic E-state index is 11.8. The maximum absolute atomic E-state index is 11.8. The third-order valence-electron chi connectivity index (χ3n) is 4.87. The highest BCUT2D eigenvalue weighted by atomic mass is 16.1. The van der Waals surface area contributed by atoms with Crippen LogP contribution < -0.4 is 5.32 Å². The molecule has 3 nitrogen and oxygen atoms in total. The van der Waals surface area contributed by atoms with Gasteiger partial charge < -0.3 is 10.2 Å². The molecule has 0 saturated heterocycles. The van der Waals surface area contributed by atoms with E-state index in [4.69, 9.17) is 0 Å². The van der Waals surface area contributed by atoms with Crippen molar-refractivity contribution in [2.24, 2.45) is 5.92 Å². The van der Waals surface area contributed by atoms with Crippen LogP contribution in [-0.4, -0.2) is 37.0 Å². The zero-order chi connectivity index (χ0) is 15.3. The van der Waals surface area contributed by atoms with E-state index in [-0.39, 0.29) is 5.91 Å². The Labute approximate surface area is 131 Å². The molecule has 1 aliphatic carbocycles. The molecule has 0 atom stereocenters. The summed E-state index contributed by atoms with van der Waals surface area (Å²) < 4.78 is 0. The van der Waals surface area contributed by atoms with Crippen LogP contribution in [0.4, 0.5) is 0 Å². The Morgan fingerprint density at radius 3 is 2.43 bits per heavy atom. The van der Waals surface area contributed by atoms with Gasteiger partial charge in [0.25, 0.3) is 0 Å². The number of hydrogen-bond acceptors (Lipinski definition) is 2. The summed E-state index contributed by atoms with van der Waals surface area (Å²) in [6.45, 7) is 8.79. The van der Waals surface area contributed by atoms with Crippen LogP contribution in [0.3, 0.4) is 0 Å². The van der Waals surface area contributed by atoms with Crippen molar-refractivity contribution in [3.05, 3.63) is 0 Å². The lowest BCUT2D eigenvalue weighted by Crippen LogP contribution is -2.26. The summed E-state index contributed by atoms with van der Waals surface area (Å²) in [5.41, 5.74) is 0. The van der Waals surface area contributed by atoms with Gasteiger partial charge in [-0.2, -0.15) is 0 Å². The molecule has 0 spiro atoms. The topological polar surface area (TPSA) is 32.3 Å². The van der Waals surface area contributed by atoms with Crippen molar-refractivity contribution >= 4 is 5.91 Å². The van der Waals surface area contributed by atoms with Crippen molar-refractivity contribution < 1.29 is 4.79 Å². The molecule has 3 heteroatoms. The average molecular weight is 296 g/mol. The Kier molecular flexibility index (Phi) is 10.6. The second-order valence-electron chi connectivity index (χ2n) is 6.48. The van der Waals surface area contributed by atoms with E-state index in [2.05, 4.69) is 24.1 Å². The molecule has 1 saturated carbocycles. The lowest BCUT2D eigenvalue weighted by Gasteiger charge is -2.21. The summed E-state index contributed by atoms with van der Waals surface area (Å²) in [6, 6.07) is 0. The molecule has 0 aliphatic heterocycles. The van der Waals surface area contributed by atoms with Gasteiger partial charge in [0.15, 0.2) is 0 Å². The summed E-state index contributed by atoms with van der Waals surface area (Å²) in [7, 11) is 0. The molecule has 0 bridgehead atoms. The van der Waals surface area contributed by atoms with Gasteiger partial charge in [0.1, 0.15) is 0 Å². The smallest absolute Gasteiger partial charge is 0.220 e. The molecular formula is C18H36N2O. The van der Waals surface area contributed by atoms with Crippen LogP contribution in [0.2, 0.25) is 0 Å². The van der Waals surface area contributed by atoms with E-state index in [1.54, 1.807) is 0 Å². The summed E-state index contributed by atoms with van der Waals surface area (Å²) in [6.07, 6.45) is 12.3. The third kappa shape index (κ3) is 9.13. The highest BCUT2D eigenvalue weighted by Gasteiger charge is 2.14. The minimum absolute atomic E-state index is 0.268. The van der Waals surface area contributed by atoms with Gasteiger partial charge in [-0.1, -0.05) is 52.4 Å². The molecule has 0 aromatic rings. The first kappa shape index (κ1) is 18.5. The van der Waals surface area contributed by atoms with E-state index in [1.165, 1.54) is 51.5 Å². The van der Waals surface area contributed by atoms with E-state index >= 15 is 0 Å². The molecule has 124 valence electrons. The predicted octanol–water partition coefficient (Wildman–Crippen LogP) is 3.98. The predicted molar refractivity (Wildman–Crippen MR) is 90.5 cm³/mol. The number of nitrogens with zero attached hydrogens (tertiary/aromatic N) is 1. The largest absolute Gasteiger partial charge is 0.356 e. The number of rotatable bonds is 11. The second-order valence-corrected chi connectivity index (χ2v) is 6.48. The summed E-state index contributed by atoms with van der Waals surface area (Å²) in [5, 5.41) is 3.09. The van der Waals surface area contributed by atoms with Crippen LogP contribution in [0.25, 0.3) is 0 Å². The maximum Gasteiger partial charge on any atom is 0.220 e. The normalized spacial score (nSPS) is 16.3. The molecule has 1 amide bonds. The lowest BCUT2D eigenvalue weighted by molar-refractivity contribution is -0.121. The highest BCUT2D eigenvalue weighted by molar-refractivity contribution is 5.75. The standard InChI is InChI=1S/C18H36N2O/c1-3-20(4-2)16-10-6-9-15-19-18(21)14-13-17-11-7-5-8-12-17/h17H,3-16H2,1-2H3,(H,19,21). The molecule has 0 unspecified atom stereocenters. The third-order valence-corrected chi connectivity index (χ3v) is 4.87. The minimum atomic E-state index is 0.268. The molecule has 0 heterocycles. The molecule has 0 aromatic heterocycles. The molecule has 0 radical (unpaired) electrons. The molecule has 1 aliphatic rings. The number of hydrogen-bond donors (Lipinski definition) is 1. The number of carbonyl (C=O) groups is 1. The number of carbonyl (C=O) groups excluding carboxylic acids is 1. The van der Waals surface area contributed by atoms with Crippen LogP contribution in [-0.2, 0) is 4.79 Å². The number of nitrogens with one attached hydrogen (secondary N) is 1. The van der Waals surface area contributed by atoms with Crippen LogP contribution in [0.15, 0.2) is 0 Å².